The van der Waals surface area contributed by atoms with Gasteiger partial charge in [0.1, 0.15) is 23.6 Å². The number of nitrogens with zero attached hydrogens (tertiary/aromatic N) is 4. The van der Waals surface area contributed by atoms with Gasteiger partial charge in [0.2, 0.25) is 5.88 Å². The molecule has 3 heterocycles. The van der Waals surface area contributed by atoms with Gasteiger partial charge < -0.3 is 10.2 Å². The lowest BCUT2D eigenvalue weighted by Gasteiger charge is -2.07. The van der Waals surface area contributed by atoms with Crippen LogP contribution in [0.3, 0.4) is 0 Å². The molecule has 0 amide bonds. The summed E-state index contributed by atoms with van der Waals surface area (Å²) in [7, 11) is 0. The second kappa shape index (κ2) is 4.69. The zero-order valence-corrected chi connectivity index (χ0v) is 12.0. The van der Waals surface area contributed by atoms with E-state index in [9.17, 15) is 15.0 Å². The Balaban J connectivity index is 1.93. The molecule has 0 aliphatic carbocycles. The van der Waals surface area contributed by atoms with Crippen molar-refractivity contribution in [2.75, 3.05) is 0 Å². The number of aliphatic hydroxyl groups excluding tert-OH is 1. The molecule has 2 N–H and O–H groups in total. The van der Waals surface area contributed by atoms with Crippen LogP contribution in [-0.4, -0.2) is 24.3 Å². The average Bonchev–Trinajstić information content (AvgIpc) is 3.06. The maximum absolute atomic E-state index is 12.5. The van der Waals surface area contributed by atoms with Gasteiger partial charge in [-0.15, -0.1) is 0 Å². The molecular weight excluding hydrogens is 296 g/mol. The largest absolute Gasteiger partial charge is 0.493 e. The molecule has 2 aromatic heterocycles. The van der Waals surface area contributed by atoms with E-state index < -0.39 is 6.10 Å². The maximum Gasteiger partial charge on any atom is 0.336 e. The molecule has 1 atom stereocenters. The number of hydrogen-bond acceptors (Lipinski definition) is 5. The van der Waals surface area contributed by atoms with E-state index in [1.165, 1.54) is 9.13 Å². The molecule has 0 saturated heterocycles. The van der Waals surface area contributed by atoms with E-state index >= 15 is 0 Å². The Morgan fingerprint density at radius 3 is 2.87 bits per heavy atom. The standard InChI is InChI=1S/C16H12N4O3/c17-8-10-2-1-9-7-11(3-4-12(9)18-10)20-15(22)14-13(21)5-6-19(14)16(20)23/h1-4,7,13,21-22H,5-6H2/t13-/m1/s1. The normalized spacial score (nSPS) is 16.4. The summed E-state index contributed by atoms with van der Waals surface area (Å²) < 4.78 is 2.57. The highest BCUT2D eigenvalue weighted by molar-refractivity contribution is 5.81. The molecule has 1 aromatic carbocycles. The van der Waals surface area contributed by atoms with Crippen molar-refractivity contribution in [2.24, 2.45) is 0 Å². The van der Waals surface area contributed by atoms with Crippen molar-refractivity contribution in [2.45, 2.75) is 19.1 Å². The fraction of sp³-hybridized carbons (Fsp3) is 0.188. The first-order chi connectivity index (χ1) is 11.1. The zero-order chi connectivity index (χ0) is 16.1. The van der Waals surface area contributed by atoms with Crippen LogP contribution in [0.4, 0.5) is 0 Å². The lowest BCUT2D eigenvalue weighted by atomic mass is 10.2. The second-order valence-electron chi connectivity index (χ2n) is 5.47. The number of fused-ring (bicyclic) bond motifs is 2. The number of aromatic hydroxyl groups is 1. The second-order valence-corrected chi connectivity index (χ2v) is 5.47. The van der Waals surface area contributed by atoms with Crippen molar-refractivity contribution < 1.29 is 10.2 Å². The third kappa shape index (κ3) is 1.86. The van der Waals surface area contributed by atoms with Crippen LogP contribution in [0.25, 0.3) is 16.6 Å². The first kappa shape index (κ1) is 13.5. The first-order valence-corrected chi connectivity index (χ1v) is 7.14. The Hall–Kier alpha value is -3.11. The Bertz CT molecular complexity index is 1040. The SMILES string of the molecule is N#Cc1ccc2cc(-n3c(O)c4n(c3=O)CC[C@H]4O)ccc2n1. The molecule has 1 aliphatic heterocycles. The first-order valence-electron chi connectivity index (χ1n) is 7.14. The number of rotatable bonds is 1. The predicted octanol–water partition coefficient (Wildman–Crippen LogP) is 1.20. The molecule has 23 heavy (non-hydrogen) atoms. The molecule has 7 nitrogen and oxygen atoms in total. The van der Waals surface area contributed by atoms with Crippen molar-refractivity contribution in [3.63, 3.8) is 0 Å². The van der Waals surface area contributed by atoms with E-state index in [1.807, 2.05) is 6.07 Å². The highest BCUT2D eigenvalue weighted by Gasteiger charge is 2.30. The van der Waals surface area contributed by atoms with E-state index in [2.05, 4.69) is 4.98 Å². The van der Waals surface area contributed by atoms with Crippen LogP contribution in [0.1, 0.15) is 23.9 Å². The van der Waals surface area contributed by atoms with Crippen LogP contribution >= 0.6 is 0 Å². The van der Waals surface area contributed by atoms with Gasteiger partial charge in [0.15, 0.2) is 0 Å². The average molecular weight is 308 g/mol. The highest BCUT2D eigenvalue weighted by Crippen LogP contribution is 2.33. The molecule has 0 spiro atoms. The van der Waals surface area contributed by atoms with Crippen LogP contribution in [0.15, 0.2) is 35.1 Å². The van der Waals surface area contributed by atoms with Crippen LogP contribution in [0, 0.1) is 11.3 Å². The summed E-state index contributed by atoms with van der Waals surface area (Å²) in [6.45, 7) is 0.385. The van der Waals surface area contributed by atoms with Crippen molar-refractivity contribution >= 4 is 10.9 Å². The van der Waals surface area contributed by atoms with Crippen molar-refractivity contribution in [3.8, 4) is 17.6 Å². The Labute approximate surface area is 130 Å². The van der Waals surface area contributed by atoms with Crippen molar-refractivity contribution in [1.82, 2.24) is 14.1 Å². The van der Waals surface area contributed by atoms with Gasteiger partial charge in [-0.25, -0.2) is 14.3 Å². The summed E-state index contributed by atoms with van der Waals surface area (Å²) in [6, 6.07) is 10.4. The number of nitriles is 1. The molecule has 0 saturated carbocycles. The molecule has 0 bridgehead atoms. The van der Waals surface area contributed by atoms with E-state index in [0.717, 1.165) is 5.39 Å². The number of pyridine rings is 1. The van der Waals surface area contributed by atoms with Gasteiger partial charge in [0.25, 0.3) is 0 Å². The molecule has 4 rings (SSSR count). The minimum absolute atomic E-state index is 0.235. The van der Waals surface area contributed by atoms with Crippen LogP contribution < -0.4 is 5.69 Å². The minimum Gasteiger partial charge on any atom is -0.493 e. The third-order valence-corrected chi connectivity index (χ3v) is 4.14. The zero-order valence-electron chi connectivity index (χ0n) is 12.0. The fourth-order valence-electron chi connectivity index (χ4n) is 3.03. The summed E-state index contributed by atoms with van der Waals surface area (Å²) in [4.78, 5) is 16.6. The number of imidazole rings is 1. The highest BCUT2D eigenvalue weighted by atomic mass is 16.3. The van der Waals surface area contributed by atoms with Gasteiger partial charge in [0, 0.05) is 11.9 Å². The quantitative estimate of drug-likeness (QED) is 0.703. The van der Waals surface area contributed by atoms with Gasteiger partial charge in [-0.05, 0) is 36.8 Å². The molecule has 1 aliphatic rings. The molecule has 7 heteroatoms. The number of hydrogen-bond donors (Lipinski definition) is 2. The van der Waals surface area contributed by atoms with Crippen molar-refractivity contribution in [3.05, 3.63) is 52.2 Å². The van der Waals surface area contributed by atoms with Crippen LogP contribution in [-0.2, 0) is 6.54 Å². The predicted molar refractivity (Wildman–Crippen MR) is 81.3 cm³/mol. The summed E-state index contributed by atoms with van der Waals surface area (Å²) in [5, 5.41) is 29.9. The molecule has 0 unspecified atom stereocenters. The summed E-state index contributed by atoms with van der Waals surface area (Å²) >= 11 is 0. The topological polar surface area (TPSA) is 104 Å². The maximum atomic E-state index is 12.5. The fourth-order valence-corrected chi connectivity index (χ4v) is 3.03. The van der Waals surface area contributed by atoms with E-state index in [-0.39, 0.29) is 17.3 Å². The third-order valence-electron chi connectivity index (χ3n) is 4.14. The lowest BCUT2D eigenvalue weighted by molar-refractivity contribution is 0.175. The molecule has 3 aromatic rings. The van der Waals surface area contributed by atoms with Gasteiger partial charge in [0.05, 0.1) is 11.2 Å². The van der Waals surface area contributed by atoms with Gasteiger partial charge in [-0.3, -0.25) is 4.57 Å². The summed E-state index contributed by atoms with van der Waals surface area (Å²) in [5.41, 5.74) is 1.31. The molecular formula is C16H12N4O3. The van der Waals surface area contributed by atoms with Gasteiger partial charge >= 0.3 is 5.69 Å². The molecule has 0 fully saturated rings. The lowest BCUT2D eigenvalue weighted by Crippen LogP contribution is -2.22. The Morgan fingerprint density at radius 1 is 1.30 bits per heavy atom. The molecule has 0 radical (unpaired) electrons. The monoisotopic (exact) mass is 308 g/mol. The minimum atomic E-state index is -0.829. The van der Waals surface area contributed by atoms with E-state index in [4.69, 9.17) is 5.26 Å². The number of aliphatic hydroxyl groups is 1. The number of aromatic nitrogens is 3. The van der Waals surface area contributed by atoms with Gasteiger partial charge in [-0.2, -0.15) is 5.26 Å². The smallest absolute Gasteiger partial charge is 0.336 e. The van der Waals surface area contributed by atoms with Crippen LogP contribution in [0.5, 0.6) is 5.88 Å². The van der Waals surface area contributed by atoms with Crippen molar-refractivity contribution in [1.29, 1.82) is 5.26 Å². The summed E-state index contributed by atoms with van der Waals surface area (Å²) in [6.07, 6.45) is -0.401. The Morgan fingerprint density at radius 2 is 2.13 bits per heavy atom. The Kier molecular flexibility index (Phi) is 2.76. The van der Waals surface area contributed by atoms with Gasteiger partial charge in [-0.1, -0.05) is 0 Å². The van der Waals surface area contributed by atoms with E-state index in [1.54, 1.807) is 30.3 Å². The molecule has 114 valence electrons. The van der Waals surface area contributed by atoms with E-state index in [0.29, 0.717) is 29.9 Å². The summed E-state index contributed by atoms with van der Waals surface area (Å²) in [5.74, 6) is -0.235. The number of benzene rings is 1. The van der Waals surface area contributed by atoms with Crippen LogP contribution in [0.2, 0.25) is 0 Å².